The van der Waals surface area contributed by atoms with E-state index in [-0.39, 0.29) is 11.1 Å². The molecule has 2 aromatic carbocycles. The van der Waals surface area contributed by atoms with Crippen LogP contribution in [0.4, 0.5) is 5.69 Å². The lowest BCUT2D eigenvalue weighted by Gasteiger charge is -2.52. The van der Waals surface area contributed by atoms with E-state index in [4.69, 9.17) is 0 Å². The van der Waals surface area contributed by atoms with Crippen molar-refractivity contribution in [3.63, 3.8) is 0 Å². The summed E-state index contributed by atoms with van der Waals surface area (Å²) in [5, 5.41) is 21.3. The van der Waals surface area contributed by atoms with Crippen LogP contribution in [0.25, 0.3) is 0 Å². The van der Waals surface area contributed by atoms with E-state index < -0.39 is 6.35 Å². The molecular weight excluding hydrogens is 408 g/mol. The highest BCUT2D eigenvalue weighted by molar-refractivity contribution is 5.60. The minimum absolute atomic E-state index is 0.0254. The molecule has 3 fully saturated rings. The van der Waals surface area contributed by atoms with Gasteiger partial charge in [-0.15, -0.1) is 0 Å². The number of hydrogen-bond donors (Lipinski definition) is 1. The van der Waals surface area contributed by atoms with Crippen LogP contribution in [0.5, 0.6) is 0 Å². The molecule has 5 heteroatoms. The lowest BCUT2D eigenvalue weighted by molar-refractivity contribution is -0.0660. The van der Waals surface area contributed by atoms with Crippen LogP contribution in [0.1, 0.15) is 56.1 Å². The van der Waals surface area contributed by atoms with Crippen molar-refractivity contribution in [1.82, 2.24) is 9.80 Å². The average Bonchev–Trinajstić information content (AvgIpc) is 3.08. The van der Waals surface area contributed by atoms with Crippen molar-refractivity contribution in [2.24, 2.45) is 5.92 Å². The molecule has 1 atom stereocenters. The zero-order valence-corrected chi connectivity index (χ0v) is 20.0. The second-order valence-electron chi connectivity index (χ2n) is 10.6. The molecule has 1 aliphatic heterocycles. The molecule has 0 aromatic heterocycles. The maximum Gasteiger partial charge on any atom is 0.187 e. The Hall–Kier alpha value is -2.39. The Bertz CT molecular complexity index is 1000. The van der Waals surface area contributed by atoms with Gasteiger partial charge in [-0.05, 0) is 76.2 Å². The Morgan fingerprint density at radius 3 is 2.27 bits per heavy atom. The summed E-state index contributed by atoms with van der Waals surface area (Å²) in [6.45, 7) is 1.73. The quantitative estimate of drug-likeness (QED) is 0.735. The van der Waals surface area contributed by atoms with E-state index in [9.17, 15) is 10.4 Å². The standard InChI is InChI=1S/C28H36N4O/c1-30(2)28(24-12-4-3-5-13-24)17-15-27(16-18-28)21-31(25-14-7-6-11-23(25)19-29)26(33)32(27)20-22-9-8-10-22/h3-7,11-14,22,26,33H,8-10,15-18,20-21H2,1-2H3/t26?,27-,28+. The van der Waals surface area contributed by atoms with E-state index in [0.717, 1.165) is 44.5 Å². The van der Waals surface area contributed by atoms with Crippen molar-refractivity contribution in [2.75, 3.05) is 32.1 Å². The van der Waals surface area contributed by atoms with Gasteiger partial charge in [0, 0.05) is 24.2 Å². The summed E-state index contributed by atoms with van der Waals surface area (Å²) in [5.74, 6) is 0.678. The zero-order chi connectivity index (χ0) is 23.1. The van der Waals surface area contributed by atoms with Crippen LogP contribution in [0.3, 0.4) is 0 Å². The normalized spacial score (nSPS) is 30.5. The van der Waals surface area contributed by atoms with Crippen LogP contribution in [0.15, 0.2) is 54.6 Å². The molecule has 1 spiro atoms. The van der Waals surface area contributed by atoms with Crippen LogP contribution < -0.4 is 4.90 Å². The minimum atomic E-state index is -0.677. The van der Waals surface area contributed by atoms with E-state index in [1.165, 1.54) is 24.8 Å². The predicted octanol–water partition coefficient (Wildman–Crippen LogP) is 4.53. The highest BCUT2D eigenvalue weighted by Crippen LogP contribution is 2.51. The molecule has 1 N–H and O–H groups in total. The molecule has 2 aromatic rings. The molecule has 0 amide bonds. The summed E-state index contributed by atoms with van der Waals surface area (Å²) >= 11 is 0. The van der Waals surface area contributed by atoms with Crippen LogP contribution in [0.2, 0.25) is 0 Å². The van der Waals surface area contributed by atoms with Crippen molar-refractivity contribution in [2.45, 2.75) is 62.4 Å². The van der Waals surface area contributed by atoms with E-state index in [2.05, 4.69) is 65.2 Å². The Balaban J connectivity index is 1.47. The number of nitrogens with zero attached hydrogens (tertiary/aromatic N) is 4. The van der Waals surface area contributed by atoms with Crippen molar-refractivity contribution in [1.29, 1.82) is 5.26 Å². The third-order valence-corrected chi connectivity index (χ3v) is 8.82. The van der Waals surface area contributed by atoms with Gasteiger partial charge >= 0.3 is 0 Å². The van der Waals surface area contributed by atoms with Gasteiger partial charge in [0.1, 0.15) is 6.07 Å². The summed E-state index contributed by atoms with van der Waals surface area (Å²) in [6.07, 6.45) is 7.35. The Morgan fingerprint density at radius 2 is 1.67 bits per heavy atom. The fourth-order valence-electron chi connectivity index (χ4n) is 6.49. The van der Waals surface area contributed by atoms with Crippen LogP contribution >= 0.6 is 0 Å². The van der Waals surface area contributed by atoms with Gasteiger partial charge in [0.2, 0.25) is 0 Å². The molecule has 1 saturated heterocycles. The van der Waals surface area contributed by atoms with Crippen LogP contribution in [0, 0.1) is 17.2 Å². The van der Waals surface area contributed by atoms with Crippen LogP contribution in [-0.4, -0.2) is 54.0 Å². The molecule has 2 saturated carbocycles. The number of nitriles is 1. The van der Waals surface area contributed by atoms with Crippen molar-refractivity contribution >= 4 is 5.69 Å². The topological polar surface area (TPSA) is 53.7 Å². The first kappa shape index (κ1) is 22.4. The SMILES string of the molecule is CN(C)[C@]1(c2ccccc2)CC[C@]2(CC1)CN(c1ccccc1C#N)C(O)N2CC1CCC1. The Kier molecular flexibility index (Phi) is 5.95. The molecule has 0 bridgehead atoms. The number of hydrogen-bond acceptors (Lipinski definition) is 5. The maximum absolute atomic E-state index is 11.6. The van der Waals surface area contributed by atoms with Gasteiger partial charge in [-0.3, -0.25) is 9.80 Å². The number of aliphatic hydroxyl groups is 1. The van der Waals surface area contributed by atoms with Gasteiger partial charge < -0.3 is 10.0 Å². The first-order valence-electron chi connectivity index (χ1n) is 12.4. The molecule has 3 aliphatic rings. The van der Waals surface area contributed by atoms with Crippen molar-refractivity contribution in [3.05, 3.63) is 65.7 Å². The van der Waals surface area contributed by atoms with Gasteiger partial charge in [-0.2, -0.15) is 5.26 Å². The lowest BCUT2D eigenvalue weighted by Crippen LogP contribution is -2.57. The Labute approximate surface area is 198 Å². The lowest BCUT2D eigenvalue weighted by atomic mass is 9.68. The van der Waals surface area contributed by atoms with E-state index in [0.29, 0.717) is 11.5 Å². The number of para-hydroxylation sites is 1. The number of aliphatic hydroxyl groups excluding tert-OH is 1. The largest absolute Gasteiger partial charge is 0.361 e. The third-order valence-electron chi connectivity index (χ3n) is 8.82. The fraction of sp³-hybridized carbons (Fsp3) is 0.536. The van der Waals surface area contributed by atoms with Gasteiger partial charge in [0.05, 0.1) is 11.3 Å². The maximum atomic E-state index is 11.6. The highest BCUT2D eigenvalue weighted by Gasteiger charge is 2.55. The monoisotopic (exact) mass is 444 g/mol. The fourth-order valence-corrected chi connectivity index (χ4v) is 6.49. The zero-order valence-electron chi connectivity index (χ0n) is 20.0. The van der Waals surface area contributed by atoms with Crippen molar-refractivity contribution in [3.8, 4) is 6.07 Å². The molecule has 1 unspecified atom stereocenters. The second kappa shape index (κ2) is 8.76. The molecule has 0 radical (unpaired) electrons. The first-order valence-corrected chi connectivity index (χ1v) is 12.4. The summed E-state index contributed by atoms with van der Waals surface area (Å²) in [4.78, 5) is 6.89. The molecule has 174 valence electrons. The second-order valence-corrected chi connectivity index (χ2v) is 10.6. The first-order chi connectivity index (χ1) is 16.0. The number of anilines is 1. The van der Waals surface area contributed by atoms with E-state index in [1.807, 2.05) is 24.3 Å². The molecule has 1 heterocycles. The van der Waals surface area contributed by atoms with Gasteiger partial charge in [0.15, 0.2) is 6.35 Å². The number of benzene rings is 2. The van der Waals surface area contributed by atoms with Gasteiger partial charge in [-0.25, -0.2) is 0 Å². The highest BCUT2D eigenvalue weighted by atomic mass is 16.3. The Morgan fingerprint density at radius 1 is 1.00 bits per heavy atom. The third kappa shape index (κ3) is 3.75. The molecule has 5 nitrogen and oxygen atoms in total. The molecule has 2 aliphatic carbocycles. The summed E-state index contributed by atoms with van der Waals surface area (Å²) in [5.41, 5.74) is 2.85. The summed E-state index contributed by atoms with van der Waals surface area (Å²) in [7, 11) is 4.41. The molecule has 33 heavy (non-hydrogen) atoms. The van der Waals surface area contributed by atoms with Crippen LogP contribution in [-0.2, 0) is 5.54 Å². The van der Waals surface area contributed by atoms with Crippen molar-refractivity contribution < 1.29 is 5.11 Å². The predicted molar refractivity (Wildman–Crippen MR) is 132 cm³/mol. The smallest absolute Gasteiger partial charge is 0.187 e. The van der Waals surface area contributed by atoms with E-state index in [1.54, 1.807) is 0 Å². The van der Waals surface area contributed by atoms with Gasteiger partial charge in [0.25, 0.3) is 0 Å². The van der Waals surface area contributed by atoms with Gasteiger partial charge in [-0.1, -0.05) is 48.9 Å². The average molecular weight is 445 g/mol. The minimum Gasteiger partial charge on any atom is -0.361 e. The number of rotatable bonds is 5. The molecular formula is C28H36N4O. The van der Waals surface area contributed by atoms with E-state index >= 15 is 0 Å². The summed E-state index contributed by atoms with van der Waals surface area (Å²) in [6, 6.07) is 21.0. The summed E-state index contributed by atoms with van der Waals surface area (Å²) < 4.78 is 0. The molecule has 5 rings (SSSR count).